The SMILES string of the molecule is COCc1nc(Cc2nc3n(n2)Cc2c(C)ncn2-c2ccc(Br)cc2-3)no1.Cl. The van der Waals surface area contributed by atoms with Crippen molar-refractivity contribution in [1.29, 1.82) is 0 Å². The highest BCUT2D eigenvalue weighted by atomic mass is 79.9. The Hall–Kier alpha value is -2.56. The second-order valence-electron chi connectivity index (χ2n) is 6.53. The normalized spacial score (nSPS) is 12.0. The molecule has 0 fully saturated rings. The monoisotopic (exact) mass is 477 g/mol. The van der Waals surface area contributed by atoms with Crippen molar-refractivity contribution in [2.24, 2.45) is 0 Å². The van der Waals surface area contributed by atoms with E-state index in [1.54, 1.807) is 7.11 Å². The van der Waals surface area contributed by atoms with E-state index >= 15 is 0 Å². The minimum absolute atomic E-state index is 0. The van der Waals surface area contributed by atoms with Gasteiger partial charge in [0.2, 0.25) is 0 Å². The number of halogens is 2. The van der Waals surface area contributed by atoms with Crippen molar-refractivity contribution in [1.82, 2.24) is 34.5 Å². The molecule has 0 amide bonds. The van der Waals surface area contributed by atoms with Crippen LogP contribution in [0.2, 0.25) is 0 Å². The number of benzene rings is 1. The van der Waals surface area contributed by atoms with Gasteiger partial charge in [0.25, 0.3) is 5.89 Å². The number of fused-ring (bicyclic) bond motifs is 5. The van der Waals surface area contributed by atoms with Gasteiger partial charge >= 0.3 is 0 Å². The maximum Gasteiger partial charge on any atom is 0.252 e. The summed E-state index contributed by atoms with van der Waals surface area (Å²) in [6, 6.07) is 6.13. The lowest BCUT2D eigenvalue weighted by molar-refractivity contribution is 0.151. The van der Waals surface area contributed by atoms with E-state index in [-0.39, 0.29) is 19.0 Å². The third-order valence-corrected chi connectivity index (χ3v) is 5.14. The van der Waals surface area contributed by atoms with E-state index < -0.39 is 0 Å². The van der Waals surface area contributed by atoms with Gasteiger partial charge in [-0.2, -0.15) is 10.1 Å². The highest BCUT2D eigenvalue weighted by molar-refractivity contribution is 9.10. The summed E-state index contributed by atoms with van der Waals surface area (Å²) in [6.45, 7) is 2.87. The molecular weight excluding hydrogens is 462 g/mol. The Balaban J connectivity index is 0.00000205. The number of rotatable bonds is 4. The summed E-state index contributed by atoms with van der Waals surface area (Å²) in [5, 5.41) is 8.68. The zero-order valence-electron chi connectivity index (χ0n) is 15.7. The lowest BCUT2D eigenvalue weighted by atomic mass is 10.1. The van der Waals surface area contributed by atoms with Crippen molar-refractivity contribution in [2.75, 3.05) is 7.11 Å². The third-order valence-electron chi connectivity index (χ3n) is 4.64. The Bertz CT molecular complexity index is 1180. The predicted molar refractivity (Wildman–Crippen MR) is 109 cm³/mol. The van der Waals surface area contributed by atoms with Crippen LogP contribution in [-0.4, -0.2) is 41.6 Å². The molecule has 0 bridgehead atoms. The number of hydrogen-bond donors (Lipinski definition) is 0. The maximum atomic E-state index is 5.16. The molecule has 1 aliphatic rings. The molecule has 0 unspecified atom stereocenters. The van der Waals surface area contributed by atoms with Crippen LogP contribution in [0, 0.1) is 6.92 Å². The minimum Gasteiger partial charge on any atom is -0.375 e. The van der Waals surface area contributed by atoms with Crippen LogP contribution in [0.3, 0.4) is 0 Å². The molecule has 0 spiro atoms. The highest BCUT2D eigenvalue weighted by Gasteiger charge is 2.24. The topological polar surface area (TPSA) is 96.7 Å². The van der Waals surface area contributed by atoms with Gasteiger partial charge in [0.05, 0.1) is 36.4 Å². The van der Waals surface area contributed by atoms with Crippen LogP contribution in [0.4, 0.5) is 0 Å². The summed E-state index contributed by atoms with van der Waals surface area (Å²) in [5.74, 6) is 2.40. The van der Waals surface area contributed by atoms with Gasteiger partial charge in [-0.25, -0.2) is 14.6 Å². The first kappa shape index (κ1) is 19.7. The summed E-state index contributed by atoms with van der Waals surface area (Å²) in [6.07, 6.45) is 2.23. The molecule has 0 aliphatic carbocycles. The van der Waals surface area contributed by atoms with Gasteiger partial charge in [0.15, 0.2) is 17.5 Å². The van der Waals surface area contributed by atoms with Crippen molar-refractivity contribution in [3.05, 3.63) is 57.9 Å². The second kappa shape index (κ2) is 7.69. The molecule has 0 saturated carbocycles. The van der Waals surface area contributed by atoms with Crippen LogP contribution in [0.1, 0.15) is 28.9 Å². The summed E-state index contributed by atoms with van der Waals surface area (Å²) in [7, 11) is 1.58. The molecule has 3 aromatic heterocycles. The molecule has 11 heteroatoms. The van der Waals surface area contributed by atoms with E-state index in [0.717, 1.165) is 32.9 Å². The molecule has 4 heterocycles. The maximum absolute atomic E-state index is 5.16. The number of hydrogen-bond acceptors (Lipinski definition) is 7. The van der Waals surface area contributed by atoms with Gasteiger partial charge in [-0.05, 0) is 25.1 Å². The smallest absolute Gasteiger partial charge is 0.252 e. The van der Waals surface area contributed by atoms with Crippen LogP contribution >= 0.6 is 28.3 Å². The lowest BCUT2D eigenvalue weighted by Crippen LogP contribution is -2.06. The average molecular weight is 479 g/mol. The van der Waals surface area contributed by atoms with E-state index in [1.807, 2.05) is 24.0 Å². The molecule has 0 N–H and O–H groups in total. The lowest BCUT2D eigenvalue weighted by Gasteiger charge is -2.08. The van der Waals surface area contributed by atoms with Gasteiger partial charge in [0, 0.05) is 17.1 Å². The third kappa shape index (κ3) is 3.47. The molecule has 0 radical (unpaired) electrons. The van der Waals surface area contributed by atoms with Gasteiger partial charge in [-0.1, -0.05) is 21.1 Å². The number of aromatic nitrogens is 7. The van der Waals surface area contributed by atoms with E-state index in [9.17, 15) is 0 Å². The number of methoxy groups -OCH3 is 1. The van der Waals surface area contributed by atoms with Crippen molar-refractivity contribution in [3.8, 4) is 17.1 Å². The Labute approximate surface area is 180 Å². The molecule has 29 heavy (non-hydrogen) atoms. The molecule has 0 saturated heterocycles. The summed E-state index contributed by atoms with van der Waals surface area (Å²) < 4.78 is 15.2. The first-order chi connectivity index (χ1) is 13.6. The summed E-state index contributed by atoms with van der Waals surface area (Å²) in [4.78, 5) is 13.6. The highest BCUT2D eigenvalue weighted by Crippen LogP contribution is 2.33. The Morgan fingerprint density at radius 2 is 2.10 bits per heavy atom. The first-order valence-electron chi connectivity index (χ1n) is 8.69. The summed E-state index contributed by atoms with van der Waals surface area (Å²) >= 11 is 3.56. The number of aryl methyl sites for hydroxylation is 1. The standard InChI is InChI=1S/C18H16BrN7O2.ClH/c1-10-14-7-26-18(12-5-11(19)3-4-13(12)25(14)9-20-10)22-15(23-26)6-16-21-17(8-27-2)28-24-16;/h3-5,9H,6-8H2,1-2H3;1H. The van der Waals surface area contributed by atoms with E-state index in [1.165, 1.54) is 0 Å². The van der Waals surface area contributed by atoms with Gasteiger partial charge in [0.1, 0.15) is 6.61 Å². The molecular formula is C18H17BrClN7O2. The zero-order valence-corrected chi connectivity index (χ0v) is 18.1. The van der Waals surface area contributed by atoms with Gasteiger partial charge < -0.3 is 13.8 Å². The fraction of sp³-hybridized carbons (Fsp3) is 0.278. The number of nitrogens with zero attached hydrogens (tertiary/aromatic N) is 7. The quantitative estimate of drug-likeness (QED) is 0.391. The molecule has 0 atom stereocenters. The van der Waals surface area contributed by atoms with Gasteiger partial charge in [-0.15, -0.1) is 12.4 Å². The van der Waals surface area contributed by atoms with Crippen molar-refractivity contribution < 1.29 is 9.26 Å². The van der Waals surface area contributed by atoms with E-state index in [4.69, 9.17) is 19.3 Å². The molecule has 1 aliphatic heterocycles. The van der Waals surface area contributed by atoms with Crippen LogP contribution < -0.4 is 0 Å². The van der Waals surface area contributed by atoms with Crippen LogP contribution in [0.5, 0.6) is 0 Å². The molecule has 5 rings (SSSR count). The zero-order chi connectivity index (χ0) is 19.3. The summed E-state index contributed by atoms with van der Waals surface area (Å²) in [5.41, 5.74) is 4.07. The molecule has 1 aromatic carbocycles. The van der Waals surface area contributed by atoms with Crippen LogP contribution in [-0.2, 0) is 24.3 Å². The van der Waals surface area contributed by atoms with E-state index in [2.05, 4.69) is 47.8 Å². The van der Waals surface area contributed by atoms with Crippen LogP contribution in [0.25, 0.3) is 17.1 Å². The first-order valence-corrected chi connectivity index (χ1v) is 9.49. The Kier molecular flexibility index (Phi) is 5.24. The fourth-order valence-corrected chi connectivity index (χ4v) is 3.72. The average Bonchev–Trinajstić information content (AvgIpc) is 3.35. The fourth-order valence-electron chi connectivity index (χ4n) is 3.36. The van der Waals surface area contributed by atoms with Crippen LogP contribution in [0.15, 0.2) is 33.5 Å². The molecule has 150 valence electrons. The van der Waals surface area contributed by atoms with Crippen molar-refractivity contribution in [3.63, 3.8) is 0 Å². The second-order valence-corrected chi connectivity index (χ2v) is 7.45. The Morgan fingerprint density at radius 3 is 2.93 bits per heavy atom. The van der Waals surface area contributed by atoms with E-state index in [0.29, 0.717) is 30.5 Å². The number of ether oxygens (including phenoxy) is 1. The molecule has 9 nitrogen and oxygen atoms in total. The van der Waals surface area contributed by atoms with Gasteiger partial charge in [-0.3, -0.25) is 0 Å². The minimum atomic E-state index is 0. The molecule has 4 aromatic rings. The Morgan fingerprint density at radius 1 is 1.24 bits per heavy atom. The largest absolute Gasteiger partial charge is 0.375 e. The number of imidazole rings is 1. The van der Waals surface area contributed by atoms with Crippen molar-refractivity contribution >= 4 is 28.3 Å². The van der Waals surface area contributed by atoms with Crippen molar-refractivity contribution in [2.45, 2.75) is 26.5 Å². The predicted octanol–water partition coefficient (Wildman–Crippen LogP) is 3.11.